The molecular weight excluding hydrogens is 336 g/mol. The summed E-state index contributed by atoms with van der Waals surface area (Å²) in [4.78, 5) is 13.8. The zero-order valence-electron chi connectivity index (χ0n) is 9.78. The van der Waals surface area contributed by atoms with Crippen molar-refractivity contribution >= 4 is 28.5 Å². The Bertz CT molecular complexity index is 409. The van der Waals surface area contributed by atoms with Crippen molar-refractivity contribution in [3.05, 3.63) is 33.1 Å². The van der Waals surface area contributed by atoms with Crippen LogP contribution in [0.3, 0.4) is 0 Å². The van der Waals surface area contributed by atoms with Gasteiger partial charge >= 0.3 is 0 Å². The monoisotopic (exact) mass is 351 g/mol. The number of nitrogens with zero attached hydrogens (tertiary/aromatic N) is 1. The topological polar surface area (TPSA) is 40.5 Å². The van der Waals surface area contributed by atoms with E-state index in [9.17, 15) is 9.18 Å². The van der Waals surface area contributed by atoms with Crippen molar-refractivity contribution in [2.24, 2.45) is 0 Å². The third kappa shape index (κ3) is 3.64. The first kappa shape index (κ1) is 14.4. The first-order valence-electron chi connectivity index (χ1n) is 5.34. The fourth-order valence-corrected chi connectivity index (χ4v) is 2.23. The van der Waals surface area contributed by atoms with E-state index in [1.54, 1.807) is 4.90 Å². The van der Waals surface area contributed by atoms with Crippen molar-refractivity contribution in [2.75, 3.05) is 13.2 Å². The molecule has 0 aliphatic rings. The highest BCUT2D eigenvalue weighted by Crippen LogP contribution is 2.17. The van der Waals surface area contributed by atoms with Crippen molar-refractivity contribution in [1.82, 2.24) is 4.90 Å². The van der Waals surface area contributed by atoms with Gasteiger partial charge in [-0.1, -0.05) is 0 Å². The van der Waals surface area contributed by atoms with E-state index in [4.69, 9.17) is 5.11 Å². The minimum atomic E-state index is -0.357. The molecule has 0 heterocycles. The number of halogens is 2. The van der Waals surface area contributed by atoms with E-state index < -0.39 is 0 Å². The maximum absolute atomic E-state index is 12.9. The normalized spacial score (nSPS) is 10.7. The van der Waals surface area contributed by atoms with Crippen LogP contribution in [0.1, 0.15) is 24.2 Å². The van der Waals surface area contributed by atoms with E-state index in [1.807, 2.05) is 36.4 Å². The minimum Gasteiger partial charge on any atom is -0.395 e. The second kappa shape index (κ2) is 6.30. The minimum absolute atomic E-state index is 0.00416. The Hall–Kier alpha value is -0.690. The molecule has 0 aliphatic carbocycles. The summed E-state index contributed by atoms with van der Waals surface area (Å²) in [5.74, 6) is -0.539. The molecular formula is C12H15FINO2. The molecule has 1 N–H and O–H groups in total. The Labute approximate surface area is 114 Å². The van der Waals surface area contributed by atoms with Gasteiger partial charge in [-0.2, -0.15) is 0 Å². The van der Waals surface area contributed by atoms with E-state index >= 15 is 0 Å². The number of aliphatic hydroxyl groups excluding tert-OH is 1. The van der Waals surface area contributed by atoms with Gasteiger partial charge in [0.2, 0.25) is 0 Å². The lowest BCUT2D eigenvalue weighted by Crippen LogP contribution is -2.39. The molecule has 5 heteroatoms. The second-order valence-corrected chi connectivity index (χ2v) is 5.10. The van der Waals surface area contributed by atoms with Crippen LogP contribution in [-0.4, -0.2) is 35.1 Å². The van der Waals surface area contributed by atoms with Crippen molar-refractivity contribution in [1.29, 1.82) is 0 Å². The molecule has 94 valence electrons. The van der Waals surface area contributed by atoms with Crippen LogP contribution in [0.15, 0.2) is 18.2 Å². The summed E-state index contributed by atoms with van der Waals surface area (Å²) in [6, 6.07) is 4.07. The average molecular weight is 351 g/mol. The number of amides is 1. The molecule has 1 rings (SSSR count). The molecule has 0 spiro atoms. The molecule has 0 fully saturated rings. The van der Waals surface area contributed by atoms with Crippen LogP contribution in [0, 0.1) is 9.39 Å². The lowest BCUT2D eigenvalue weighted by molar-refractivity contribution is 0.0664. The predicted octanol–water partition coefficient (Wildman–Crippen LogP) is 2.27. The van der Waals surface area contributed by atoms with Gasteiger partial charge in [0.25, 0.3) is 5.91 Å². The summed E-state index contributed by atoms with van der Waals surface area (Å²) in [6.07, 6.45) is 0. The summed E-state index contributed by atoms with van der Waals surface area (Å²) >= 11 is 1.94. The van der Waals surface area contributed by atoms with Gasteiger partial charge in [0.15, 0.2) is 0 Å². The Morgan fingerprint density at radius 2 is 2.18 bits per heavy atom. The van der Waals surface area contributed by atoms with Crippen LogP contribution in [0.4, 0.5) is 4.39 Å². The maximum Gasteiger partial charge on any atom is 0.255 e. The fourth-order valence-electron chi connectivity index (χ4n) is 1.52. The molecule has 0 bridgehead atoms. The van der Waals surface area contributed by atoms with Gasteiger partial charge in [-0.3, -0.25) is 4.79 Å². The lowest BCUT2D eigenvalue weighted by Gasteiger charge is -2.26. The highest BCUT2D eigenvalue weighted by molar-refractivity contribution is 14.1. The van der Waals surface area contributed by atoms with Crippen LogP contribution < -0.4 is 0 Å². The number of benzene rings is 1. The van der Waals surface area contributed by atoms with Crippen LogP contribution in [0.2, 0.25) is 0 Å². The zero-order chi connectivity index (χ0) is 13.0. The van der Waals surface area contributed by atoms with E-state index in [-0.39, 0.29) is 30.9 Å². The lowest BCUT2D eigenvalue weighted by atomic mass is 10.1. The third-order valence-corrected chi connectivity index (χ3v) is 3.28. The average Bonchev–Trinajstić information content (AvgIpc) is 2.24. The van der Waals surface area contributed by atoms with E-state index in [1.165, 1.54) is 18.2 Å². The van der Waals surface area contributed by atoms with Gasteiger partial charge in [0, 0.05) is 16.2 Å². The van der Waals surface area contributed by atoms with Crippen molar-refractivity contribution in [2.45, 2.75) is 19.9 Å². The Morgan fingerprint density at radius 1 is 1.53 bits per heavy atom. The first-order chi connectivity index (χ1) is 7.97. The standard InChI is InChI=1S/C12H15FINO2/c1-8(2)15(5-6-16)12(17)10-4-3-9(13)7-11(10)14/h3-4,7-8,16H,5-6H2,1-2H3. The molecule has 0 aliphatic heterocycles. The molecule has 0 radical (unpaired) electrons. The summed E-state index contributed by atoms with van der Waals surface area (Å²) in [6.45, 7) is 3.96. The van der Waals surface area contributed by atoms with Gasteiger partial charge in [0.05, 0.1) is 12.2 Å². The highest BCUT2D eigenvalue weighted by Gasteiger charge is 2.20. The predicted molar refractivity (Wildman–Crippen MR) is 72.4 cm³/mol. The maximum atomic E-state index is 12.9. The number of hydrogen-bond acceptors (Lipinski definition) is 2. The van der Waals surface area contributed by atoms with Crippen LogP contribution >= 0.6 is 22.6 Å². The molecule has 0 unspecified atom stereocenters. The van der Waals surface area contributed by atoms with Gasteiger partial charge in [-0.15, -0.1) is 0 Å². The summed E-state index contributed by atoms with van der Waals surface area (Å²) in [5.41, 5.74) is 0.467. The molecule has 0 aromatic heterocycles. The number of rotatable bonds is 4. The van der Waals surface area contributed by atoms with Crippen LogP contribution in [0.25, 0.3) is 0 Å². The van der Waals surface area contributed by atoms with Gasteiger partial charge in [-0.25, -0.2) is 4.39 Å². The van der Waals surface area contributed by atoms with E-state index in [0.29, 0.717) is 9.13 Å². The quantitative estimate of drug-likeness (QED) is 0.846. The number of carbonyl (C=O) groups excluding carboxylic acids is 1. The molecule has 0 atom stereocenters. The summed E-state index contributed by atoms with van der Waals surface area (Å²) in [5, 5.41) is 8.94. The molecule has 1 amide bonds. The third-order valence-electron chi connectivity index (χ3n) is 2.39. The van der Waals surface area contributed by atoms with Crippen molar-refractivity contribution in [3.8, 4) is 0 Å². The largest absolute Gasteiger partial charge is 0.395 e. The van der Waals surface area contributed by atoms with Crippen LogP contribution in [0.5, 0.6) is 0 Å². The van der Waals surface area contributed by atoms with Crippen LogP contribution in [-0.2, 0) is 0 Å². The number of aliphatic hydroxyl groups is 1. The van der Waals surface area contributed by atoms with Gasteiger partial charge in [0.1, 0.15) is 5.82 Å². The van der Waals surface area contributed by atoms with Crippen molar-refractivity contribution < 1.29 is 14.3 Å². The molecule has 17 heavy (non-hydrogen) atoms. The summed E-state index contributed by atoms with van der Waals surface area (Å²) in [7, 11) is 0. The smallest absolute Gasteiger partial charge is 0.255 e. The SMILES string of the molecule is CC(C)N(CCO)C(=O)c1ccc(F)cc1I. The summed E-state index contributed by atoms with van der Waals surface area (Å²) < 4.78 is 13.5. The van der Waals surface area contributed by atoms with E-state index in [2.05, 4.69) is 0 Å². The molecule has 1 aromatic carbocycles. The number of carbonyl (C=O) groups is 1. The van der Waals surface area contributed by atoms with Gasteiger partial charge in [-0.05, 0) is 54.6 Å². The van der Waals surface area contributed by atoms with Gasteiger partial charge < -0.3 is 10.0 Å². The molecule has 1 aromatic rings. The number of hydrogen-bond donors (Lipinski definition) is 1. The van der Waals surface area contributed by atoms with E-state index in [0.717, 1.165) is 0 Å². The van der Waals surface area contributed by atoms with Crippen molar-refractivity contribution in [3.63, 3.8) is 0 Å². The highest BCUT2D eigenvalue weighted by atomic mass is 127. The Kier molecular flexibility index (Phi) is 5.32. The second-order valence-electron chi connectivity index (χ2n) is 3.94. The Morgan fingerprint density at radius 3 is 2.65 bits per heavy atom. The first-order valence-corrected chi connectivity index (χ1v) is 6.42. The molecule has 3 nitrogen and oxygen atoms in total. The zero-order valence-corrected chi connectivity index (χ0v) is 11.9. The Balaban J connectivity index is 3.01. The fraction of sp³-hybridized carbons (Fsp3) is 0.417. The molecule has 0 saturated carbocycles. The molecule has 0 saturated heterocycles.